The zero-order chi connectivity index (χ0) is 16.4. The third kappa shape index (κ3) is 3.11. The van der Waals surface area contributed by atoms with Gasteiger partial charge in [0.05, 0.1) is 10.4 Å². The highest BCUT2D eigenvalue weighted by Gasteiger charge is 2.16. The van der Waals surface area contributed by atoms with Crippen LogP contribution in [0.25, 0.3) is 10.9 Å². The van der Waals surface area contributed by atoms with Gasteiger partial charge in [0.15, 0.2) is 5.75 Å². The Hall–Kier alpha value is -3.02. The lowest BCUT2D eigenvalue weighted by Crippen LogP contribution is -2.01. The molecule has 0 bridgehead atoms. The van der Waals surface area contributed by atoms with E-state index in [0.717, 1.165) is 40.4 Å². The minimum atomic E-state index is -0.593. The first kappa shape index (κ1) is 14.9. The summed E-state index contributed by atoms with van der Waals surface area (Å²) in [7, 11) is 0. The summed E-state index contributed by atoms with van der Waals surface area (Å²) in [5.41, 5.74) is 2.21. The van der Waals surface area contributed by atoms with E-state index in [1.165, 1.54) is 0 Å². The van der Waals surface area contributed by atoms with Gasteiger partial charge in [-0.1, -0.05) is 18.2 Å². The fourth-order valence-corrected chi connectivity index (χ4v) is 2.42. The van der Waals surface area contributed by atoms with Crippen LogP contribution in [-0.2, 0) is 6.61 Å². The molecule has 0 saturated carbocycles. The van der Waals surface area contributed by atoms with Gasteiger partial charge in [-0.2, -0.15) is 0 Å². The number of para-hydroxylation sites is 1. The number of aromatic nitrogens is 1. The molecule has 0 spiro atoms. The summed E-state index contributed by atoms with van der Waals surface area (Å²) in [5, 5.41) is 11.9. The second kappa shape index (κ2) is 6.00. The van der Waals surface area contributed by atoms with Crippen LogP contribution in [0.2, 0.25) is 0 Å². The molecule has 2 aromatic carbocycles. The number of nitro benzene ring substituents is 1. The van der Waals surface area contributed by atoms with Crippen LogP contribution in [0.3, 0.4) is 0 Å². The maximum atomic E-state index is 13.3. The van der Waals surface area contributed by atoms with Crippen LogP contribution >= 0.6 is 0 Å². The van der Waals surface area contributed by atoms with Crippen LogP contribution in [0, 0.1) is 22.9 Å². The molecule has 0 aliphatic rings. The minimum Gasteiger partial charge on any atom is -0.482 e. The Morgan fingerprint density at radius 1 is 1.22 bits per heavy atom. The molecular weight excluding hydrogens is 299 g/mol. The van der Waals surface area contributed by atoms with Gasteiger partial charge in [-0.25, -0.2) is 4.39 Å². The van der Waals surface area contributed by atoms with Gasteiger partial charge in [0.25, 0.3) is 0 Å². The summed E-state index contributed by atoms with van der Waals surface area (Å²) in [4.78, 5) is 14.8. The molecule has 1 heterocycles. The van der Waals surface area contributed by atoms with Crippen LogP contribution in [0.5, 0.6) is 5.75 Å². The van der Waals surface area contributed by atoms with E-state index in [4.69, 9.17) is 4.74 Å². The maximum absolute atomic E-state index is 13.3. The van der Waals surface area contributed by atoms with Gasteiger partial charge in [-0.15, -0.1) is 0 Å². The standard InChI is InChI=1S/C17H13FN2O3/c1-11-8-12(14-4-2-3-5-15(14)19-11)10-23-17-9-13(18)6-7-16(17)20(21)22/h2-9H,10H2,1H3. The number of nitrogens with zero attached hydrogens (tertiary/aromatic N) is 2. The molecule has 116 valence electrons. The number of fused-ring (bicyclic) bond motifs is 1. The van der Waals surface area contributed by atoms with Crippen molar-refractivity contribution in [3.63, 3.8) is 0 Å². The minimum absolute atomic E-state index is 0.0893. The predicted octanol–water partition coefficient (Wildman–Crippen LogP) is 4.17. The van der Waals surface area contributed by atoms with Crippen molar-refractivity contribution in [3.05, 3.63) is 75.7 Å². The lowest BCUT2D eigenvalue weighted by molar-refractivity contribution is -0.386. The van der Waals surface area contributed by atoms with Gasteiger partial charge in [0.1, 0.15) is 12.4 Å². The van der Waals surface area contributed by atoms with Gasteiger partial charge in [0.2, 0.25) is 0 Å². The smallest absolute Gasteiger partial charge is 0.311 e. The Kier molecular flexibility index (Phi) is 3.89. The zero-order valence-corrected chi connectivity index (χ0v) is 12.3. The zero-order valence-electron chi connectivity index (χ0n) is 12.3. The Balaban J connectivity index is 1.95. The first-order valence-electron chi connectivity index (χ1n) is 6.96. The highest BCUT2D eigenvalue weighted by atomic mass is 19.1. The van der Waals surface area contributed by atoms with Crippen molar-refractivity contribution >= 4 is 16.6 Å². The molecule has 0 aliphatic carbocycles. The van der Waals surface area contributed by atoms with Crippen molar-refractivity contribution in [2.75, 3.05) is 0 Å². The van der Waals surface area contributed by atoms with Crippen LogP contribution in [0.15, 0.2) is 48.5 Å². The molecule has 1 aromatic heterocycles. The lowest BCUT2D eigenvalue weighted by atomic mass is 10.1. The topological polar surface area (TPSA) is 65.3 Å². The molecule has 0 unspecified atom stereocenters. The molecule has 0 N–H and O–H groups in total. The third-order valence-corrected chi connectivity index (χ3v) is 3.43. The molecule has 23 heavy (non-hydrogen) atoms. The van der Waals surface area contributed by atoms with Crippen molar-refractivity contribution in [2.45, 2.75) is 13.5 Å². The first-order chi connectivity index (χ1) is 11.0. The molecule has 0 aliphatic heterocycles. The Morgan fingerprint density at radius 3 is 2.78 bits per heavy atom. The lowest BCUT2D eigenvalue weighted by Gasteiger charge is -2.10. The molecule has 3 rings (SSSR count). The third-order valence-electron chi connectivity index (χ3n) is 3.43. The highest BCUT2D eigenvalue weighted by Crippen LogP contribution is 2.29. The number of pyridine rings is 1. The molecule has 0 radical (unpaired) electrons. The van der Waals surface area contributed by atoms with Crippen molar-refractivity contribution in [1.82, 2.24) is 4.98 Å². The fourth-order valence-electron chi connectivity index (χ4n) is 2.42. The van der Waals surface area contributed by atoms with E-state index in [2.05, 4.69) is 4.98 Å². The number of hydrogen-bond acceptors (Lipinski definition) is 4. The molecule has 3 aromatic rings. The Morgan fingerprint density at radius 2 is 2.00 bits per heavy atom. The van der Waals surface area contributed by atoms with Crippen LogP contribution in [0.1, 0.15) is 11.3 Å². The summed E-state index contributed by atoms with van der Waals surface area (Å²) >= 11 is 0. The summed E-state index contributed by atoms with van der Waals surface area (Å²) < 4.78 is 18.9. The van der Waals surface area contributed by atoms with Crippen LogP contribution < -0.4 is 4.74 Å². The van der Waals surface area contributed by atoms with Crippen LogP contribution in [0.4, 0.5) is 10.1 Å². The van der Waals surface area contributed by atoms with E-state index in [1.807, 2.05) is 37.3 Å². The number of nitro groups is 1. The van der Waals surface area contributed by atoms with Gasteiger partial charge in [-0.3, -0.25) is 15.1 Å². The van der Waals surface area contributed by atoms with Crippen molar-refractivity contribution in [2.24, 2.45) is 0 Å². The number of halogens is 1. The Bertz CT molecular complexity index is 896. The molecule has 0 amide bonds. The SMILES string of the molecule is Cc1cc(COc2cc(F)ccc2[N+](=O)[O-])c2ccccc2n1. The molecule has 5 nitrogen and oxygen atoms in total. The number of ether oxygens (including phenoxy) is 1. The number of aryl methyl sites for hydroxylation is 1. The highest BCUT2D eigenvalue weighted by molar-refractivity contribution is 5.82. The van der Waals surface area contributed by atoms with E-state index >= 15 is 0 Å². The average Bonchev–Trinajstić information content (AvgIpc) is 2.52. The van der Waals surface area contributed by atoms with Crippen LogP contribution in [-0.4, -0.2) is 9.91 Å². The van der Waals surface area contributed by atoms with E-state index in [-0.39, 0.29) is 18.0 Å². The molecule has 0 saturated heterocycles. The van der Waals surface area contributed by atoms with Crippen molar-refractivity contribution < 1.29 is 14.1 Å². The second-order valence-electron chi connectivity index (χ2n) is 5.10. The van der Waals surface area contributed by atoms with E-state index < -0.39 is 10.7 Å². The molecular formula is C17H13FN2O3. The van der Waals surface area contributed by atoms with Crippen molar-refractivity contribution in [1.29, 1.82) is 0 Å². The molecule has 0 fully saturated rings. The van der Waals surface area contributed by atoms with Crippen molar-refractivity contribution in [3.8, 4) is 5.75 Å². The monoisotopic (exact) mass is 312 g/mol. The molecule has 0 atom stereocenters. The quantitative estimate of drug-likeness (QED) is 0.535. The Labute approximate surface area is 131 Å². The number of hydrogen-bond donors (Lipinski definition) is 0. The maximum Gasteiger partial charge on any atom is 0.311 e. The number of rotatable bonds is 4. The number of benzene rings is 2. The summed E-state index contributed by atoms with van der Waals surface area (Å²) in [6.07, 6.45) is 0. The largest absolute Gasteiger partial charge is 0.482 e. The predicted molar refractivity (Wildman–Crippen MR) is 83.9 cm³/mol. The first-order valence-corrected chi connectivity index (χ1v) is 6.96. The second-order valence-corrected chi connectivity index (χ2v) is 5.10. The van der Waals surface area contributed by atoms with E-state index in [0.29, 0.717) is 0 Å². The van der Waals surface area contributed by atoms with Gasteiger partial charge < -0.3 is 4.74 Å². The summed E-state index contributed by atoms with van der Waals surface area (Å²) in [6, 6.07) is 12.6. The van der Waals surface area contributed by atoms with E-state index in [1.54, 1.807) is 0 Å². The summed E-state index contributed by atoms with van der Waals surface area (Å²) in [5.74, 6) is -0.671. The average molecular weight is 312 g/mol. The van der Waals surface area contributed by atoms with E-state index in [9.17, 15) is 14.5 Å². The normalized spacial score (nSPS) is 10.7. The van der Waals surface area contributed by atoms with Gasteiger partial charge in [-0.05, 0) is 25.1 Å². The fraction of sp³-hybridized carbons (Fsp3) is 0.118. The summed E-state index contributed by atoms with van der Waals surface area (Å²) in [6.45, 7) is 1.95. The van der Waals surface area contributed by atoms with Gasteiger partial charge >= 0.3 is 5.69 Å². The molecule has 6 heteroatoms. The van der Waals surface area contributed by atoms with Gasteiger partial charge in [0, 0.05) is 28.8 Å².